The molecular formula is C23H31N3O8S2. The molecule has 0 saturated carbocycles. The van der Waals surface area contributed by atoms with E-state index in [1.165, 1.54) is 42.8 Å². The van der Waals surface area contributed by atoms with Crippen molar-refractivity contribution in [3.63, 3.8) is 0 Å². The lowest BCUT2D eigenvalue weighted by molar-refractivity contribution is -0.120. The summed E-state index contributed by atoms with van der Waals surface area (Å²) >= 11 is 0. The Labute approximate surface area is 212 Å². The third-order valence-electron chi connectivity index (χ3n) is 5.71. The maximum Gasteiger partial charge on any atom is 0.243 e. The van der Waals surface area contributed by atoms with Gasteiger partial charge in [-0.1, -0.05) is 6.07 Å². The van der Waals surface area contributed by atoms with Gasteiger partial charge in [-0.15, -0.1) is 0 Å². The van der Waals surface area contributed by atoms with Crippen molar-refractivity contribution < 1.29 is 35.8 Å². The highest BCUT2D eigenvalue weighted by Gasteiger charge is 2.27. The van der Waals surface area contributed by atoms with E-state index in [9.17, 15) is 21.6 Å². The minimum Gasteiger partial charge on any atom is -0.493 e. The van der Waals surface area contributed by atoms with Crippen molar-refractivity contribution in [1.82, 2.24) is 9.62 Å². The molecule has 0 spiro atoms. The van der Waals surface area contributed by atoms with Crippen LogP contribution in [0.4, 0.5) is 5.69 Å². The molecule has 1 N–H and O–H groups in total. The van der Waals surface area contributed by atoms with Gasteiger partial charge in [-0.25, -0.2) is 16.8 Å². The van der Waals surface area contributed by atoms with Crippen molar-refractivity contribution in [2.45, 2.75) is 17.9 Å². The number of morpholine rings is 1. The van der Waals surface area contributed by atoms with Crippen LogP contribution in [0, 0.1) is 0 Å². The molecule has 0 radical (unpaired) electrons. The Hall–Kier alpha value is -2.87. The number of amides is 1. The summed E-state index contributed by atoms with van der Waals surface area (Å²) in [6, 6.07) is 10.2. The third-order valence-corrected chi connectivity index (χ3v) is 8.76. The lowest BCUT2D eigenvalue weighted by Crippen LogP contribution is -2.41. The molecule has 0 bridgehead atoms. The van der Waals surface area contributed by atoms with E-state index in [1.54, 1.807) is 25.1 Å². The van der Waals surface area contributed by atoms with Crippen LogP contribution in [0.5, 0.6) is 11.5 Å². The van der Waals surface area contributed by atoms with Crippen LogP contribution in [-0.2, 0) is 29.6 Å². The zero-order valence-corrected chi connectivity index (χ0v) is 22.3. The summed E-state index contributed by atoms with van der Waals surface area (Å²) in [7, 11) is -4.55. The van der Waals surface area contributed by atoms with Gasteiger partial charge in [0.25, 0.3) is 0 Å². The van der Waals surface area contributed by atoms with Crippen LogP contribution in [0.2, 0.25) is 0 Å². The molecule has 1 atom stereocenters. The SMILES string of the molecule is COc1ccc(C(C)NC(=O)CN(c2ccc(S(=O)(=O)N3CCOCC3)cc2)S(C)(=O)=O)cc1OC. The second kappa shape index (κ2) is 11.5. The molecule has 198 valence electrons. The van der Waals surface area contributed by atoms with Gasteiger partial charge in [-0.05, 0) is 48.9 Å². The Kier molecular flexibility index (Phi) is 8.82. The smallest absolute Gasteiger partial charge is 0.243 e. The minimum absolute atomic E-state index is 0.0353. The summed E-state index contributed by atoms with van der Waals surface area (Å²) in [5, 5.41) is 2.78. The predicted octanol–water partition coefficient (Wildman–Crippen LogP) is 1.37. The summed E-state index contributed by atoms with van der Waals surface area (Å²) in [4.78, 5) is 12.8. The van der Waals surface area contributed by atoms with Crippen molar-refractivity contribution >= 4 is 31.6 Å². The molecule has 1 amide bonds. The second-order valence-electron chi connectivity index (χ2n) is 8.18. The number of carbonyl (C=O) groups is 1. The maximum atomic E-state index is 12.8. The number of methoxy groups -OCH3 is 2. The summed E-state index contributed by atoms with van der Waals surface area (Å²) in [6.07, 6.45) is 0.983. The predicted molar refractivity (Wildman–Crippen MR) is 134 cm³/mol. The van der Waals surface area contributed by atoms with Crippen molar-refractivity contribution in [2.24, 2.45) is 0 Å². The number of rotatable bonds is 10. The van der Waals surface area contributed by atoms with Gasteiger partial charge in [0.05, 0.1) is 50.3 Å². The molecule has 0 aliphatic carbocycles. The average molecular weight is 542 g/mol. The van der Waals surface area contributed by atoms with Gasteiger partial charge < -0.3 is 19.5 Å². The number of carbonyl (C=O) groups excluding carboxylic acids is 1. The molecule has 1 saturated heterocycles. The molecule has 36 heavy (non-hydrogen) atoms. The third kappa shape index (κ3) is 6.46. The number of hydrogen-bond acceptors (Lipinski definition) is 8. The first-order valence-corrected chi connectivity index (χ1v) is 14.4. The molecular weight excluding hydrogens is 510 g/mol. The van der Waals surface area contributed by atoms with Gasteiger partial charge >= 0.3 is 0 Å². The molecule has 2 aromatic carbocycles. The van der Waals surface area contributed by atoms with Gasteiger partial charge in [0.2, 0.25) is 26.0 Å². The van der Waals surface area contributed by atoms with Crippen molar-refractivity contribution in [3.05, 3.63) is 48.0 Å². The normalized spacial score (nSPS) is 15.7. The Morgan fingerprint density at radius 3 is 2.19 bits per heavy atom. The van der Waals surface area contributed by atoms with E-state index in [4.69, 9.17) is 14.2 Å². The Morgan fingerprint density at radius 2 is 1.64 bits per heavy atom. The lowest BCUT2D eigenvalue weighted by atomic mass is 10.1. The number of hydrogen-bond donors (Lipinski definition) is 1. The molecule has 1 heterocycles. The summed E-state index contributed by atoms with van der Waals surface area (Å²) in [5.74, 6) is 0.510. The number of anilines is 1. The van der Waals surface area contributed by atoms with Crippen molar-refractivity contribution in [3.8, 4) is 11.5 Å². The zero-order chi connectivity index (χ0) is 26.5. The number of nitrogens with zero attached hydrogens (tertiary/aromatic N) is 2. The van der Waals surface area contributed by atoms with Crippen LogP contribution in [0.15, 0.2) is 47.4 Å². The van der Waals surface area contributed by atoms with Gasteiger partial charge in [0.15, 0.2) is 11.5 Å². The van der Waals surface area contributed by atoms with Crippen LogP contribution >= 0.6 is 0 Å². The van der Waals surface area contributed by atoms with E-state index in [-0.39, 0.29) is 23.7 Å². The maximum absolute atomic E-state index is 12.8. The van der Waals surface area contributed by atoms with Crippen LogP contribution in [0.3, 0.4) is 0 Å². The number of sulfonamides is 2. The first-order chi connectivity index (χ1) is 17.0. The topological polar surface area (TPSA) is 132 Å². The molecule has 1 unspecified atom stereocenters. The Balaban J connectivity index is 1.75. The summed E-state index contributed by atoms with van der Waals surface area (Å²) in [5.41, 5.74) is 0.914. The molecule has 1 aliphatic rings. The van der Waals surface area contributed by atoms with E-state index in [2.05, 4.69) is 5.32 Å². The first-order valence-electron chi connectivity index (χ1n) is 11.1. The highest BCUT2D eigenvalue weighted by molar-refractivity contribution is 7.92. The molecule has 1 aliphatic heterocycles. The zero-order valence-electron chi connectivity index (χ0n) is 20.6. The number of nitrogens with one attached hydrogen (secondary N) is 1. The van der Waals surface area contributed by atoms with E-state index < -0.39 is 38.5 Å². The standard InChI is InChI=1S/C23H31N3O8S2/c1-17(18-5-10-21(32-2)22(15-18)33-3)24-23(27)16-26(35(4,28)29)19-6-8-20(9-7-19)36(30,31)25-11-13-34-14-12-25/h5-10,15,17H,11-14,16H2,1-4H3,(H,24,27). The van der Waals surface area contributed by atoms with Crippen molar-refractivity contribution in [1.29, 1.82) is 0 Å². The van der Waals surface area contributed by atoms with E-state index in [1.807, 2.05) is 0 Å². The molecule has 1 fully saturated rings. The second-order valence-corrected chi connectivity index (χ2v) is 12.0. The molecule has 3 rings (SSSR count). The van der Waals surface area contributed by atoms with Gasteiger partial charge in [-0.2, -0.15) is 4.31 Å². The average Bonchev–Trinajstić information content (AvgIpc) is 2.86. The van der Waals surface area contributed by atoms with E-state index >= 15 is 0 Å². The number of benzene rings is 2. The van der Waals surface area contributed by atoms with Gasteiger partial charge in [-0.3, -0.25) is 9.10 Å². The summed E-state index contributed by atoms with van der Waals surface area (Å²) in [6.45, 7) is 2.41. The van der Waals surface area contributed by atoms with Crippen molar-refractivity contribution in [2.75, 3.05) is 57.6 Å². The lowest BCUT2D eigenvalue weighted by Gasteiger charge is -2.26. The molecule has 11 nitrogen and oxygen atoms in total. The first kappa shape index (κ1) is 27.7. The Morgan fingerprint density at radius 1 is 1.03 bits per heavy atom. The van der Waals surface area contributed by atoms with Crippen LogP contribution < -0.4 is 19.1 Å². The summed E-state index contributed by atoms with van der Waals surface area (Å²) < 4.78 is 68.6. The van der Waals surface area contributed by atoms with Crippen LogP contribution in [-0.4, -0.2) is 80.4 Å². The van der Waals surface area contributed by atoms with Gasteiger partial charge in [0.1, 0.15) is 6.54 Å². The number of ether oxygens (including phenoxy) is 3. The minimum atomic E-state index is -3.84. The quantitative estimate of drug-likeness (QED) is 0.477. The van der Waals surface area contributed by atoms with Gasteiger partial charge in [0, 0.05) is 13.1 Å². The molecule has 13 heteroatoms. The molecule has 2 aromatic rings. The fourth-order valence-corrected chi connectivity index (χ4v) is 6.01. The van der Waals surface area contributed by atoms with E-state index in [0.29, 0.717) is 24.7 Å². The fraction of sp³-hybridized carbons (Fsp3) is 0.435. The highest BCUT2D eigenvalue weighted by atomic mass is 32.2. The molecule has 0 aromatic heterocycles. The van der Waals surface area contributed by atoms with Crippen LogP contribution in [0.1, 0.15) is 18.5 Å². The van der Waals surface area contributed by atoms with Crippen LogP contribution in [0.25, 0.3) is 0 Å². The monoisotopic (exact) mass is 541 g/mol. The largest absolute Gasteiger partial charge is 0.493 e. The Bertz CT molecular complexity index is 1270. The van der Waals surface area contributed by atoms with E-state index in [0.717, 1.165) is 16.1 Å². The highest BCUT2D eigenvalue weighted by Crippen LogP contribution is 2.30. The fourth-order valence-electron chi connectivity index (χ4n) is 3.74.